The summed E-state index contributed by atoms with van der Waals surface area (Å²) >= 11 is 0. The second-order valence-corrected chi connectivity index (χ2v) is 6.81. The number of hydrogen-bond acceptors (Lipinski definition) is 3. The van der Waals surface area contributed by atoms with Gasteiger partial charge in [-0.15, -0.1) is 0 Å². The lowest BCUT2D eigenvalue weighted by Crippen LogP contribution is -1.97. The van der Waals surface area contributed by atoms with Gasteiger partial charge in [-0.05, 0) is 36.0 Å². The molecule has 1 aromatic carbocycles. The molecule has 0 N–H and O–H groups in total. The smallest absolute Gasteiger partial charge is 0.236 e. The molecule has 0 bridgehead atoms. The summed E-state index contributed by atoms with van der Waals surface area (Å²) in [4.78, 5) is 0. The first-order valence-electron chi connectivity index (χ1n) is 5.09. The molecule has 1 aliphatic carbocycles. The van der Waals surface area contributed by atoms with Crippen LogP contribution < -0.4 is 4.74 Å². The molecule has 3 nitrogen and oxygen atoms in total. The molecule has 0 amide bonds. The van der Waals surface area contributed by atoms with E-state index in [1.807, 2.05) is 6.07 Å². The number of halogens is 1. The summed E-state index contributed by atoms with van der Waals surface area (Å²) in [7, 11) is 3.30. The summed E-state index contributed by atoms with van der Waals surface area (Å²) in [6, 6.07) is 5.50. The van der Waals surface area contributed by atoms with Crippen LogP contribution in [0, 0.1) is 0 Å². The largest absolute Gasteiger partial charge is 0.496 e. The molecular formula is C11H13ClO3S. The zero-order chi connectivity index (χ0) is 11.8. The first-order valence-corrected chi connectivity index (χ1v) is 7.56. The maximum atomic E-state index is 11.0. The lowest BCUT2D eigenvalue weighted by molar-refractivity contribution is 0.409. The zero-order valence-electron chi connectivity index (χ0n) is 8.94. The second-order valence-electron chi connectivity index (χ2n) is 4.03. The van der Waals surface area contributed by atoms with Crippen LogP contribution >= 0.6 is 10.7 Å². The van der Waals surface area contributed by atoms with Crippen molar-refractivity contribution in [2.24, 2.45) is 0 Å². The van der Waals surface area contributed by atoms with Gasteiger partial charge in [0.2, 0.25) is 9.05 Å². The first-order chi connectivity index (χ1) is 7.49. The van der Waals surface area contributed by atoms with Gasteiger partial charge in [0.05, 0.1) is 12.9 Å². The highest BCUT2D eigenvalue weighted by Gasteiger charge is 2.26. The molecule has 0 heterocycles. The molecule has 0 radical (unpaired) electrons. The van der Waals surface area contributed by atoms with Gasteiger partial charge >= 0.3 is 0 Å². The van der Waals surface area contributed by atoms with Crippen LogP contribution in [-0.4, -0.2) is 15.5 Å². The van der Waals surface area contributed by atoms with Gasteiger partial charge in [0.1, 0.15) is 5.75 Å². The van der Waals surface area contributed by atoms with Crippen molar-refractivity contribution >= 4 is 19.7 Å². The molecule has 0 spiro atoms. The van der Waals surface area contributed by atoms with Crippen LogP contribution in [0.4, 0.5) is 0 Å². The van der Waals surface area contributed by atoms with Crippen molar-refractivity contribution in [1.82, 2.24) is 0 Å². The Morgan fingerprint density at radius 2 is 2.12 bits per heavy atom. The van der Waals surface area contributed by atoms with Crippen LogP contribution in [0.15, 0.2) is 18.2 Å². The first kappa shape index (κ1) is 11.7. The predicted molar refractivity (Wildman–Crippen MR) is 63.4 cm³/mol. The number of benzene rings is 1. The second kappa shape index (κ2) is 4.26. The quantitative estimate of drug-likeness (QED) is 0.782. The van der Waals surface area contributed by atoms with Gasteiger partial charge in [-0.1, -0.05) is 12.1 Å². The third kappa shape index (κ3) is 2.89. The Kier molecular flexibility index (Phi) is 3.13. The summed E-state index contributed by atoms with van der Waals surface area (Å²) in [6.45, 7) is 0. The molecule has 0 aromatic heterocycles. The molecule has 16 heavy (non-hydrogen) atoms. The molecule has 0 unspecified atom stereocenters. The molecular weight excluding hydrogens is 248 g/mol. The molecule has 1 fully saturated rings. The highest BCUT2D eigenvalue weighted by atomic mass is 35.7. The average molecular weight is 261 g/mol. The fourth-order valence-corrected chi connectivity index (χ4v) is 2.73. The molecule has 0 aliphatic heterocycles. The van der Waals surface area contributed by atoms with E-state index in [0.29, 0.717) is 11.5 Å². The molecule has 1 aliphatic rings. The molecule has 5 heteroatoms. The van der Waals surface area contributed by atoms with Crippen LogP contribution in [-0.2, 0) is 14.8 Å². The van der Waals surface area contributed by atoms with E-state index < -0.39 is 9.05 Å². The molecule has 88 valence electrons. The summed E-state index contributed by atoms with van der Waals surface area (Å²) in [5.41, 5.74) is 1.83. The number of methoxy groups -OCH3 is 1. The number of ether oxygens (including phenoxy) is 1. The van der Waals surface area contributed by atoms with Gasteiger partial charge in [0, 0.05) is 10.7 Å². The van der Waals surface area contributed by atoms with Gasteiger partial charge in [-0.2, -0.15) is 0 Å². The maximum absolute atomic E-state index is 11.0. The van der Waals surface area contributed by atoms with Crippen molar-refractivity contribution in [1.29, 1.82) is 0 Å². The van der Waals surface area contributed by atoms with E-state index in [2.05, 4.69) is 0 Å². The predicted octanol–water partition coefficient (Wildman–Crippen LogP) is 2.64. The third-order valence-electron chi connectivity index (χ3n) is 2.65. The van der Waals surface area contributed by atoms with Gasteiger partial charge in [-0.3, -0.25) is 0 Å². The van der Waals surface area contributed by atoms with E-state index in [9.17, 15) is 8.42 Å². The van der Waals surface area contributed by atoms with Crippen LogP contribution in [0.3, 0.4) is 0 Å². The van der Waals surface area contributed by atoms with E-state index in [-0.39, 0.29) is 5.75 Å². The average Bonchev–Trinajstić information content (AvgIpc) is 2.98. The topological polar surface area (TPSA) is 43.4 Å². The van der Waals surface area contributed by atoms with Crippen molar-refractivity contribution in [2.75, 3.05) is 7.11 Å². The highest BCUT2D eigenvalue weighted by molar-refractivity contribution is 8.13. The SMILES string of the molecule is COc1cc(CS(=O)(=O)Cl)ccc1C1CC1. The zero-order valence-corrected chi connectivity index (χ0v) is 10.5. The Balaban J connectivity index is 2.29. The van der Waals surface area contributed by atoms with Gasteiger partial charge in [0.25, 0.3) is 0 Å². The molecule has 1 saturated carbocycles. The summed E-state index contributed by atoms with van der Waals surface area (Å²) in [6.07, 6.45) is 2.37. The van der Waals surface area contributed by atoms with E-state index in [4.69, 9.17) is 15.4 Å². The molecule has 2 rings (SSSR count). The van der Waals surface area contributed by atoms with E-state index in [1.165, 1.54) is 18.4 Å². The van der Waals surface area contributed by atoms with Crippen molar-refractivity contribution < 1.29 is 13.2 Å². The van der Waals surface area contributed by atoms with Gasteiger partial charge in [0.15, 0.2) is 0 Å². The maximum Gasteiger partial charge on any atom is 0.236 e. The lowest BCUT2D eigenvalue weighted by atomic mass is 10.1. The lowest BCUT2D eigenvalue weighted by Gasteiger charge is -2.09. The van der Waals surface area contributed by atoms with E-state index >= 15 is 0 Å². The fraction of sp³-hybridized carbons (Fsp3) is 0.455. The Hall–Kier alpha value is -0.740. The van der Waals surface area contributed by atoms with Crippen LogP contribution in [0.5, 0.6) is 5.75 Å². The highest BCUT2D eigenvalue weighted by Crippen LogP contribution is 2.44. The minimum atomic E-state index is -3.50. The molecule has 0 atom stereocenters. The third-order valence-corrected chi connectivity index (χ3v) is 3.66. The van der Waals surface area contributed by atoms with Crippen molar-refractivity contribution in [3.63, 3.8) is 0 Å². The van der Waals surface area contributed by atoms with Crippen molar-refractivity contribution in [3.05, 3.63) is 29.3 Å². The van der Waals surface area contributed by atoms with Crippen LogP contribution in [0.1, 0.15) is 29.9 Å². The van der Waals surface area contributed by atoms with E-state index in [1.54, 1.807) is 19.2 Å². The number of rotatable bonds is 4. The Morgan fingerprint density at radius 3 is 2.62 bits per heavy atom. The van der Waals surface area contributed by atoms with Crippen molar-refractivity contribution in [2.45, 2.75) is 24.5 Å². The fourth-order valence-electron chi connectivity index (χ4n) is 1.78. The summed E-state index contributed by atoms with van der Waals surface area (Å²) in [5.74, 6) is 1.19. The summed E-state index contributed by atoms with van der Waals surface area (Å²) in [5, 5.41) is 0. The Morgan fingerprint density at radius 1 is 1.44 bits per heavy atom. The minimum absolute atomic E-state index is 0.157. The summed E-state index contributed by atoms with van der Waals surface area (Å²) < 4.78 is 27.2. The monoisotopic (exact) mass is 260 g/mol. The van der Waals surface area contributed by atoms with Gasteiger partial charge < -0.3 is 4.74 Å². The Bertz CT molecular complexity index is 492. The van der Waals surface area contributed by atoms with Crippen LogP contribution in [0.2, 0.25) is 0 Å². The minimum Gasteiger partial charge on any atom is -0.496 e. The van der Waals surface area contributed by atoms with Gasteiger partial charge in [-0.25, -0.2) is 8.42 Å². The molecule has 0 saturated heterocycles. The van der Waals surface area contributed by atoms with Crippen LogP contribution in [0.25, 0.3) is 0 Å². The van der Waals surface area contributed by atoms with Crippen molar-refractivity contribution in [3.8, 4) is 5.75 Å². The number of hydrogen-bond donors (Lipinski definition) is 0. The molecule has 1 aromatic rings. The van der Waals surface area contributed by atoms with E-state index in [0.717, 1.165) is 5.75 Å². The normalized spacial score (nSPS) is 16.1. The Labute approximate surface area is 99.8 Å². The standard InChI is InChI=1S/C11H13ClO3S/c1-15-11-6-8(7-16(12,13)14)2-5-10(11)9-3-4-9/h2,5-6,9H,3-4,7H2,1H3.